The van der Waals surface area contributed by atoms with Crippen molar-refractivity contribution in [2.45, 2.75) is 17.8 Å². The molecule has 28 heavy (non-hydrogen) atoms. The number of halogens is 3. The molecule has 1 aliphatic rings. The van der Waals surface area contributed by atoms with Crippen molar-refractivity contribution >= 4 is 40.9 Å². The minimum absolute atomic E-state index is 0.0605. The first-order chi connectivity index (χ1) is 13.3. The van der Waals surface area contributed by atoms with Crippen LogP contribution in [0.5, 0.6) is 0 Å². The number of rotatable bonds is 5. The number of alkyl halides is 3. The SMILES string of the molecule is O=C(CSC1CC(=O)N(c2cccc(C(F)(F)F)c2)C1=O)Nc1ccccc1. The van der Waals surface area contributed by atoms with Crippen molar-refractivity contribution in [1.29, 1.82) is 0 Å². The van der Waals surface area contributed by atoms with Gasteiger partial charge in [0.25, 0.3) is 0 Å². The quantitative estimate of drug-likeness (QED) is 0.766. The van der Waals surface area contributed by atoms with Crippen LogP contribution in [0.4, 0.5) is 24.5 Å². The van der Waals surface area contributed by atoms with Crippen molar-refractivity contribution in [2.75, 3.05) is 16.0 Å². The summed E-state index contributed by atoms with van der Waals surface area (Å²) in [5.41, 5.74) is -0.460. The van der Waals surface area contributed by atoms with E-state index in [1.54, 1.807) is 30.3 Å². The van der Waals surface area contributed by atoms with Gasteiger partial charge in [-0.3, -0.25) is 14.4 Å². The molecule has 0 aromatic heterocycles. The standard InChI is InChI=1S/C19H15F3N2O3S/c20-19(21,22)12-5-4-8-14(9-12)24-17(26)10-15(18(24)27)28-11-16(25)23-13-6-2-1-3-7-13/h1-9,15H,10-11H2,(H,23,25). The van der Waals surface area contributed by atoms with Crippen LogP contribution in [0.2, 0.25) is 0 Å². The zero-order valence-corrected chi connectivity index (χ0v) is 15.2. The van der Waals surface area contributed by atoms with Crippen molar-refractivity contribution in [3.05, 3.63) is 60.2 Å². The molecule has 0 bridgehead atoms. The number of hydrogen-bond donors (Lipinski definition) is 1. The predicted octanol–water partition coefficient (Wildman–Crippen LogP) is 3.71. The van der Waals surface area contributed by atoms with Crippen LogP contribution in [0.15, 0.2) is 54.6 Å². The molecule has 9 heteroatoms. The van der Waals surface area contributed by atoms with E-state index in [1.165, 1.54) is 6.07 Å². The van der Waals surface area contributed by atoms with E-state index in [2.05, 4.69) is 5.32 Å². The van der Waals surface area contributed by atoms with Crippen LogP contribution >= 0.6 is 11.8 Å². The van der Waals surface area contributed by atoms with E-state index in [4.69, 9.17) is 0 Å². The van der Waals surface area contributed by atoms with E-state index in [-0.39, 0.29) is 23.8 Å². The lowest BCUT2D eigenvalue weighted by Crippen LogP contribution is -2.31. The summed E-state index contributed by atoms with van der Waals surface area (Å²) in [6, 6.07) is 12.8. The molecule has 1 heterocycles. The third-order valence-corrected chi connectivity index (χ3v) is 5.21. The molecule has 2 aromatic rings. The van der Waals surface area contributed by atoms with Crippen LogP contribution in [-0.4, -0.2) is 28.7 Å². The molecule has 0 saturated carbocycles. The molecule has 5 nitrogen and oxygen atoms in total. The number of amides is 3. The van der Waals surface area contributed by atoms with Crippen molar-refractivity contribution in [1.82, 2.24) is 0 Å². The van der Waals surface area contributed by atoms with E-state index in [0.29, 0.717) is 5.69 Å². The Morgan fingerprint density at radius 2 is 1.82 bits per heavy atom. The topological polar surface area (TPSA) is 66.5 Å². The molecule has 0 spiro atoms. The lowest BCUT2D eigenvalue weighted by Gasteiger charge is -2.16. The second-order valence-corrected chi connectivity index (χ2v) is 7.22. The zero-order valence-electron chi connectivity index (χ0n) is 14.4. The highest BCUT2D eigenvalue weighted by molar-refractivity contribution is 8.01. The fraction of sp³-hybridized carbons (Fsp3) is 0.211. The van der Waals surface area contributed by atoms with E-state index in [1.807, 2.05) is 0 Å². The summed E-state index contributed by atoms with van der Waals surface area (Å²) in [6.07, 6.45) is -4.75. The van der Waals surface area contributed by atoms with Gasteiger partial charge in [0, 0.05) is 12.1 Å². The largest absolute Gasteiger partial charge is 0.416 e. The minimum Gasteiger partial charge on any atom is -0.325 e. The van der Waals surface area contributed by atoms with E-state index < -0.39 is 28.8 Å². The number of thioether (sulfide) groups is 1. The van der Waals surface area contributed by atoms with Crippen LogP contribution in [0.25, 0.3) is 0 Å². The molecule has 0 radical (unpaired) electrons. The number of hydrogen-bond acceptors (Lipinski definition) is 4. The van der Waals surface area contributed by atoms with Gasteiger partial charge < -0.3 is 5.32 Å². The Morgan fingerprint density at radius 1 is 1.11 bits per heavy atom. The van der Waals surface area contributed by atoms with Gasteiger partial charge in [-0.05, 0) is 30.3 Å². The maximum absolute atomic E-state index is 12.9. The molecular weight excluding hydrogens is 393 g/mol. The van der Waals surface area contributed by atoms with Crippen LogP contribution in [0.3, 0.4) is 0 Å². The molecule has 1 atom stereocenters. The van der Waals surface area contributed by atoms with Gasteiger partial charge >= 0.3 is 6.18 Å². The maximum Gasteiger partial charge on any atom is 0.416 e. The summed E-state index contributed by atoms with van der Waals surface area (Å²) >= 11 is 0.985. The highest BCUT2D eigenvalue weighted by Gasteiger charge is 2.41. The molecule has 0 aliphatic carbocycles. The summed E-state index contributed by atoms with van der Waals surface area (Å²) in [5, 5.41) is 1.85. The number of para-hydroxylation sites is 1. The molecule has 3 amide bonds. The first kappa shape index (κ1) is 19.9. The Kier molecular flexibility index (Phi) is 5.73. The first-order valence-electron chi connectivity index (χ1n) is 8.26. The summed E-state index contributed by atoms with van der Waals surface area (Å²) in [6.45, 7) is 0. The average molecular weight is 408 g/mol. The van der Waals surface area contributed by atoms with Crippen molar-refractivity contribution in [3.8, 4) is 0 Å². The lowest BCUT2D eigenvalue weighted by atomic mass is 10.2. The number of anilines is 2. The Labute approximate surface area is 162 Å². The van der Waals surface area contributed by atoms with Gasteiger partial charge in [0.15, 0.2) is 0 Å². The summed E-state index contributed by atoms with van der Waals surface area (Å²) < 4.78 is 38.6. The maximum atomic E-state index is 12.9. The molecule has 1 saturated heterocycles. The Bertz CT molecular complexity index is 903. The second kappa shape index (κ2) is 8.05. The van der Waals surface area contributed by atoms with E-state index in [0.717, 1.165) is 34.9 Å². The second-order valence-electron chi connectivity index (χ2n) is 6.03. The van der Waals surface area contributed by atoms with Gasteiger partial charge in [0.05, 0.1) is 22.3 Å². The minimum atomic E-state index is -4.58. The van der Waals surface area contributed by atoms with Crippen molar-refractivity contribution in [3.63, 3.8) is 0 Å². The smallest absolute Gasteiger partial charge is 0.325 e. The van der Waals surface area contributed by atoms with Gasteiger partial charge in [0.2, 0.25) is 17.7 Å². The first-order valence-corrected chi connectivity index (χ1v) is 9.31. The number of carbonyl (C=O) groups is 3. The summed E-state index contributed by atoms with van der Waals surface area (Å²) in [7, 11) is 0. The summed E-state index contributed by atoms with van der Waals surface area (Å²) in [4.78, 5) is 37.5. The van der Waals surface area contributed by atoms with Crippen LogP contribution < -0.4 is 10.2 Å². The Morgan fingerprint density at radius 3 is 2.50 bits per heavy atom. The number of nitrogens with zero attached hydrogens (tertiary/aromatic N) is 1. The van der Waals surface area contributed by atoms with Gasteiger partial charge in [-0.1, -0.05) is 24.3 Å². The number of nitrogens with one attached hydrogen (secondary N) is 1. The Hall–Kier alpha value is -2.81. The molecule has 1 N–H and O–H groups in total. The molecule has 3 rings (SSSR count). The summed E-state index contributed by atoms with van der Waals surface area (Å²) in [5.74, 6) is -1.62. The van der Waals surface area contributed by atoms with Crippen LogP contribution in [0.1, 0.15) is 12.0 Å². The number of carbonyl (C=O) groups excluding carboxylic acids is 3. The fourth-order valence-electron chi connectivity index (χ4n) is 2.72. The average Bonchev–Trinajstić information content (AvgIpc) is 2.94. The van der Waals surface area contributed by atoms with Gasteiger partial charge in [-0.25, -0.2) is 4.90 Å². The monoisotopic (exact) mass is 408 g/mol. The molecule has 1 unspecified atom stereocenters. The van der Waals surface area contributed by atoms with Gasteiger partial charge in [-0.15, -0.1) is 11.8 Å². The third-order valence-electron chi connectivity index (χ3n) is 4.01. The molecule has 1 fully saturated rings. The van der Waals surface area contributed by atoms with E-state index >= 15 is 0 Å². The third kappa shape index (κ3) is 4.53. The molecule has 146 valence electrons. The zero-order chi connectivity index (χ0) is 20.3. The van der Waals surface area contributed by atoms with Crippen molar-refractivity contribution < 1.29 is 27.6 Å². The van der Waals surface area contributed by atoms with E-state index in [9.17, 15) is 27.6 Å². The highest BCUT2D eigenvalue weighted by Crippen LogP contribution is 2.34. The lowest BCUT2D eigenvalue weighted by molar-refractivity contribution is -0.137. The van der Waals surface area contributed by atoms with Crippen LogP contribution in [0, 0.1) is 0 Å². The normalized spacial score (nSPS) is 17.1. The Balaban J connectivity index is 1.64. The van der Waals surface area contributed by atoms with Gasteiger partial charge in [0.1, 0.15) is 0 Å². The number of benzene rings is 2. The predicted molar refractivity (Wildman–Crippen MR) is 99.9 cm³/mol. The molecular formula is C19H15F3N2O3S. The van der Waals surface area contributed by atoms with Crippen molar-refractivity contribution in [2.24, 2.45) is 0 Å². The van der Waals surface area contributed by atoms with Gasteiger partial charge in [-0.2, -0.15) is 13.2 Å². The van der Waals surface area contributed by atoms with Crippen LogP contribution in [-0.2, 0) is 20.6 Å². The molecule has 1 aliphatic heterocycles. The fourth-order valence-corrected chi connectivity index (χ4v) is 3.65. The molecule has 2 aromatic carbocycles. The highest BCUT2D eigenvalue weighted by atomic mass is 32.2. The number of imide groups is 1.